The van der Waals surface area contributed by atoms with E-state index in [4.69, 9.17) is 4.74 Å². The van der Waals surface area contributed by atoms with Crippen molar-refractivity contribution in [3.8, 4) is 0 Å². The second kappa shape index (κ2) is 7.05. The van der Waals surface area contributed by atoms with E-state index in [1.54, 1.807) is 0 Å². The summed E-state index contributed by atoms with van der Waals surface area (Å²) in [5.74, 6) is -0.699. The predicted molar refractivity (Wildman–Crippen MR) is 68.6 cm³/mol. The van der Waals surface area contributed by atoms with Crippen LogP contribution in [-0.2, 0) is 26.7 Å². The number of sulfonamides is 1. The van der Waals surface area contributed by atoms with Crippen LogP contribution >= 0.6 is 0 Å². The van der Waals surface area contributed by atoms with Crippen LogP contribution in [0.1, 0.15) is 17.5 Å². The van der Waals surface area contributed by atoms with Gasteiger partial charge in [0.2, 0.25) is 10.0 Å². The molecule has 1 N–H and O–H groups in total. The Bertz CT molecular complexity index is 529. The van der Waals surface area contributed by atoms with E-state index in [2.05, 4.69) is 4.72 Å². The minimum atomic E-state index is -4.57. The first-order chi connectivity index (χ1) is 9.26. The van der Waals surface area contributed by atoms with Crippen molar-refractivity contribution >= 4 is 10.0 Å². The number of hydrogen-bond acceptors (Lipinski definition) is 3. The maximum atomic E-state index is 12.7. The van der Waals surface area contributed by atoms with Crippen molar-refractivity contribution in [3.05, 3.63) is 35.4 Å². The van der Waals surface area contributed by atoms with Gasteiger partial charge in [0.15, 0.2) is 0 Å². The van der Waals surface area contributed by atoms with Crippen LogP contribution in [-0.4, -0.2) is 28.7 Å². The molecule has 1 rings (SSSR count). The van der Waals surface area contributed by atoms with Gasteiger partial charge < -0.3 is 4.74 Å². The molecule has 1 aromatic carbocycles. The lowest BCUT2D eigenvalue weighted by Gasteiger charge is -2.13. The Balaban J connectivity index is 2.78. The van der Waals surface area contributed by atoms with E-state index >= 15 is 0 Å². The third-order valence-electron chi connectivity index (χ3n) is 2.52. The first-order valence-corrected chi connectivity index (χ1v) is 7.53. The molecule has 0 amide bonds. The van der Waals surface area contributed by atoms with Crippen molar-refractivity contribution in [2.75, 3.05) is 20.3 Å². The second-order valence-electron chi connectivity index (χ2n) is 4.15. The molecular weight excluding hydrogens is 295 g/mol. The Morgan fingerprint density at radius 3 is 2.50 bits per heavy atom. The summed E-state index contributed by atoms with van der Waals surface area (Å²) in [4.78, 5) is 0. The lowest BCUT2D eigenvalue weighted by Crippen LogP contribution is -2.27. The summed E-state index contributed by atoms with van der Waals surface area (Å²) >= 11 is 0. The van der Waals surface area contributed by atoms with Crippen molar-refractivity contribution in [1.82, 2.24) is 4.72 Å². The minimum Gasteiger partial charge on any atom is -0.385 e. The molecule has 0 atom stereocenters. The summed E-state index contributed by atoms with van der Waals surface area (Å²) in [6.45, 7) is 0.506. The number of ether oxygens (including phenoxy) is 1. The average molecular weight is 311 g/mol. The summed E-state index contributed by atoms with van der Waals surface area (Å²) in [6, 6.07) is 4.64. The summed E-state index contributed by atoms with van der Waals surface area (Å²) in [5, 5.41) is 0. The molecule has 0 aliphatic heterocycles. The molecule has 0 aliphatic carbocycles. The molecule has 8 heteroatoms. The summed E-state index contributed by atoms with van der Waals surface area (Å²) in [5.41, 5.74) is -1.19. The monoisotopic (exact) mass is 311 g/mol. The second-order valence-corrected chi connectivity index (χ2v) is 5.96. The smallest absolute Gasteiger partial charge is 0.385 e. The van der Waals surface area contributed by atoms with E-state index in [-0.39, 0.29) is 12.1 Å². The molecular formula is C12H16F3NO3S. The Hall–Kier alpha value is -1.12. The fourth-order valence-electron chi connectivity index (χ4n) is 1.62. The molecule has 20 heavy (non-hydrogen) atoms. The van der Waals surface area contributed by atoms with Gasteiger partial charge >= 0.3 is 6.18 Å². The van der Waals surface area contributed by atoms with Crippen LogP contribution in [0, 0.1) is 0 Å². The van der Waals surface area contributed by atoms with E-state index in [1.807, 2.05) is 0 Å². The molecule has 0 spiro atoms. The number of hydrogen-bond donors (Lipinski definition) is 1. The van der Waals surface area contributed by atoms with Crippen molar-refractivity contribution in [3.63, 3.8) is 0 Å². The lowest BCUT2D eigenvalue weighted by atomic mass is 10.1. The Labute approximate surface area is 116 Å². The van der Waals surface area contributed by atoms with E-state index in [0.29, 0.717) is 13.0 Å². The highest BCUT2D eigenvalue weighted by Crippen LogP contribution is 2.32. The fraction of sp³-hybridized carbons (Fsp3) is 0.500. The zero-order valence-electron chi connectivity index (χ0n) is 10.9. The average Bonchev–Trinajstić information content (AvgIpc) is 2.33. The van der Waals surface area contributed by atoms with Crippen molar-refractivity contribution in [2.24, 2.45) is 0 Å². The first-order valence-electron chi connectivity index (χ1n) is 5.87. The maximum absolute atomic E-state index is 12.7. The third kappa shape index (κ3) is 5.48. The van der Waals surface area contributed by atoms with Crippen LogP contribution in [0.25, 0.3) is 0 Å². The van der Waals surface area contributed by atoms with Gasteiger partial charge in [-0.3, -0.25) is 0 Å². The van der Waals surface area contributed by atoms with E-state index in [9.17, 15) is 21.6 Å². The lowest BCUT2D eigenvalue weighted by molar-refractivity contribution is -0.138. The molecule has 0 aromatic heterocycles. The SMILES string of the molecule is COCCCNS(=O)(=O)Cc1ccccc1C(F)(F)F. The molecule has 0 radical (unpaired) electrons. The van der Waals surface area contributed by atoms with Crippen LogP contribution in [0.4, 0.5) is 13.2 Å². The van der Waals surface area contributed by atoms with Gasteiger partial charge in [-0.15, -0.1) is 0 Å². The number of alkyl halides is 3. The third-order valence-corrected chi connectivity index (χ3v) is 3.85. The van der Waals surface area contributed by atoms with Crippen LogP contribution in [0.15, 0.2) is 24.3 Å². The van der Waals surface area contributed by atoms with Crippen LogP contribution < -0.4 is 4.72 Å². The molecule has 0 saturated carbocycles. The van der Waals surface area contributed by atoms with Gasteiger partial charge in [-0.1, -0.05) is 18.2 Å². The number of benzene rings is 1. The van der Waals surface area contributed by atoms with Crippen LogP contribution in [0.5, 0.6) is 0 Å². The minimum absolute atomic E-state index is 0.129. The number of halogens is 3. The van der Waals surface area contributed by atoms with Crippen molar-refractivity contribution < 1.29 is 26.3 Å². The van der Waals surface area contributed by atoms with Crippen molar-refractivity contribution in [2.45, 2.75) is 18.3 Å². The molecule has 0 bridgehead atoms. The summed E-state index contributed by atoms with van der Waals surface area (Å²) < 4.78 is 68.7. The highest BCUT2D eigenvalue weighted by atomic mass is 32.2. The molecule has 1 aromatic rings. The maximum Gasteiger partial charge on any atom is 0.416 e. The van der Waals surface area contributed by atoms with Crippen LogP contribution in [0.3, 0.4) is 0 Å². The topological polar surface area (TPSA) is 55.4 Å². The fourth-order valence-corrected chi connectivity index (χ4v) is 2.84. The predicted octanol–water partition coefficient (Wildman–Crippen LogP) is 2.16. The Morgan fingerprint density at radius 1 is 1.25 bits per heavy atom. The summed E-state index contributed by atoms with van der Waals surface area (Å²) in [6.07, 6.45) is -4.11. The zero-order chi connectivity index (χ0) is 15.2. The quantitative estimate of drug-likeness (QED) is 0.785. The molecule has 0 fully saturated rings. The van der Waals surface area contributed by atoms with Crippen LogP contribution in [0.2, 0.25) is 0 Å². The molecule has 0 heterocycles. The van der Waals surface area contributed by atoms with E-state index < -0.39 is 27.5 Å². The largest absolute Gasteiger partial charge is 0.416 e. The highest BCUT2D eigenvalue weighted by molar-refractivity contribution is 7.88. The van der Waals surface area contributed by atoms with Gasteiger partial charge in [0.05, 0.1) is 11.3 Å². The number of rotatable bonds is 7. The van der Waals surface area contributed by atoms with Crippen molar-refractivity contribution in [1.29, 1.82) is 0 Å². The molecule has 0 saturated heterocycles. The first kappa shape index (κ1) is 16.9. The number of methoxy groups -OCH3 is 1. The normalized spacial score (nSPS) is 12.6. The summed E-state index contributed by atoms with van der Waals surface area (Å²) in [7, 11) is -2.32. The van der Waals surface area contributed by atoms with E-state index in [0.717, 1.165) is 12.1 Å². The Kier molecular flexibility index (Phi) is 5.97. The molecule has 4 nitrogen and oxygen atoms in total. The highest BCUT2D eigenvalue weighted by Gasteiger charge is 2.33. The zero-order valence-corrected chi connectivity index (χ0v) is 11.7. The molecule has 114 valence electrons. The van der Waals surface area contributed by atoms with Gasteiger partial charge in [0.1, 0.15) is 0 Å². The molecule has 0 aliphatic rings. The number of nitrogens with one attached hydrogen (secondary N) is 1. The van der Waals surface area contributed by atoms with Gasteiger partial charge in [-0.05, 0) is 18.1 Å². The standard InChI is InChI=1S/C12H16F3NO3S/c1-19-8-4-7-16-20(17,18)9-10-5-2-3-6-11(10)12(13,14)15/h2-3,5-6,16H,4,7-9H2,1H3. The van der Waals surface area contributed by atoms with E-state index in [1.165, 1.54) is 19.2 Å². The Morgan fingerprint density at radius 2 is 1.90 bits per heavy atom. The van der Waals surface area contributed by atoms with Gasteiger partial charge in [0.25, 0.3) is 0 Å². The van der Waals surface area contributed by atoms with Gasteiger partial charge in [-0.25, -0.2) is 13.1 Å². The van der Waals surface area contributed by atoms with Gasteiger partial charge in [-0.2, -0.15) is 13.2 Å². The van der Waals surface area contributed by atoms with Gasteiger partial charge in [0, 0.05) is 20.3 Å². The molecule has 0 unspecified atom stereocenters.